The molecule has 2 aromatic rings. The average molecular weight is 317 g/mol. The summed E-state index contributed by atoms with van der Waals surface area (Å²) >= 11 is 0. The van der Waals surface area contributed by atoms with E-state index in [1.54, 1.807) is 18.2 Å². The van der Waals surface area contributed by atoms with E-state index in [-0.39, 0.29) is 18.2 Å². The van der Waals surface area contributed by atoms with Gasteiger partial charge >= 0.3 is 0 Å². The smallest absolute Gasteiger partial charge is 0.262 e. The van der Waals surface area contributed by atoms with Crippen molar-refractivity contribution in [1.82, 2.24) is 0 Å². The lowest BCUT2D eigenvalue weighted by molar-refractivity contribution is -0.118. The molecule has 2 aromatic carbocycles. The van der Waals surface area contributed by atoms with Crippen LogP contribution in [0.4, 0.5) is 10.1 Å². The number of rotatable bonds is 6. The summed E-state index contributed by atoms with van der Waals surface area (Å²) in [6.45, 7) is 1.21. The van der Waals surface area contributed by atoms with Gasteiger partial charge in [-0.15, -0.1) is 0 Å². The molecule has 0 bridgehead atoms. The predicted molar refractivity (Wildman–Crippen MR) is 83.5 cm³/mol. The van der Waals surface area contributed by atoms with Crippen molar-refractivity contribution in [1.29, 1.82) is 0 Å². The van der Waals surface area contributed by atoms with E-state index in [9.17, 15) is 14.0 Å². The Hall–Kier alpha value is -2.89. The van der Waals surface area contributed by atoms with Crippen molar-refractivity contribution in [2.45, 2.75) is 6.92 Å². The molecule has 0 atom stereocenters. The molecular weight excluding hydrogens is 301 g/mol. The van der Waals surface area contributed by atoms with Gasteiger partial charge in [0.25, 0.3) is 5.91 Å². The molecule has 23 heavy (non-hydrogen) atoms. The fourth-order valence-electron chi connectivity index (χ4n) is 1.88. The average Bonchev–Trinajstić information content (AvgIpc) is 2.54. The zero-order chi connectivity index (χ0) is 16.8. The van der Waals surface area contributed by atoms with Crippen LogP contribution in [0.2, 0.25) is 0 Å². The number of anilines is 1. The second-order valence-corrected chi connectivity index (χ2v) is 4.77. The van der Waals surface area contributed by atoms with Gasteiger partial charge in [0.15, 0.2) is 23.9 Å². The third kappa shape index (κ3) is 4.54. The summed E-state index contributed by atoms with van der Waals surface area (Å²) in [6.07, 6.45) is 0. The lowest BCUT2D eigenvalue weighted by Gasteiger charge is -2.11. The lowest BCUT2D eigenvalue weighted by Crippen LogP contribution is -2.20. The Kier molecular flexibility index (Phi) is 5.30. The molecule has 0 saturated heterocycles. The normalized spacial score (nSPS) is 10.0. The number of benzene rings is 2. The second kappa shape index (κ2) is 7.40. The molecule has 0 fully saturated rings. The van der Waals surface area contributed by atoms with E-state index in [0.29, 0.717) is 22.7 Å². The number of ether oxygens (including phenoxy) is 2. The first-order chi connectivity index (χ1) is 11.0. The minimum absolute atomic E-state index is 0.0936. The molecule has 120 valence electrons. The highest BCUT2D eigenvalue weighted by Crippen LogP contribution is 2.28. The SMILES string of the molecule is COc1cc(C(C)=O)ccc1OCC(=O)Nc1ccc(F)cc1. The Bertz CT molecular complexity index is 713. The highest BCUT2D eigenvalue weighted by Gasteiger charge is 2.10. The fraction of sp³-hybridized carbons (Fsp3) is 0.176. The van der Waals surface area contributed by atoms with Crippen LogP contribution in [0, 0.1) is 5.82 Å². The van der Waals surface area contributed by atoms with E-state index >= 15 is 0 Å². The van der Waals surface area contributed by atoms with Crippen LogP contribution in [0.5, 0.6) is 11.5 Å². The number of carbonyl (C=O) groups excluding carboxylic acids is 2. The second-order valence-electron chi connectivity index (χ2n) is 4.77. The van der Waals surface area contributed by atoms with Crippen molar-refractivity contribution in [2.75, 3.05) is 19.0 Å². The molecule has 0 saturated carbocycles. The quantitative estimate of drug-likeness (QED) is 0.832. The first-order valence-electron chi connectivity index (χ1n) is 6.87. The van der Waals surface area contributed by atoms with Gasteiger partial charge in [-0.2, -0.15) is 0 Å². The van der Waals surface area contributed by atoms with Gasteiger partial charge in [-0.05, 0) is 49.4 Å². The Morgan fingerprint density at radius 1 is 1.09 bits per heavy atom. The van der Waals surface area contributed by atoms with Crippen molar-refractivity contribution in [3.05, 3.63) is 53.8 Å². The van der Waals surface area contributed by atoms with Crippen molar-refractivity contribution in [2.24, 2.45) is 0 Å². The van der Waals surface area contributed by atoms with Crippen LogP contribution in [0.25, 0.3) is 0 Å². The summed E-state index contributed by atoms with van der Waals surface area (Å²) in [6, 6.07) is 10.1. The van der Waals surface area contributed by atoms with Gasteiger partial charge in [0.05, 0.1) is 7.11 Å². The van der Waals surface area contributed by atoms with Gasteiger partial charge in [-0.3, -0.25) is 9.59 Å². The molecule has 1 N–H and O–H groups in total. The molecule has 0 spiro atoms. The summed E-state index contributed by atoms with van der Waals surface area (Å²) in [4.78, 5) is 23.2. The summed E-state index contributed by atoms with van der Waals surface area (Å²) in [5.74, 6) is -0.146. The first kappa shape index (κ1) is 16.5. The highest BCUT2D eigenvalue weighted by atomic mass is 19.1. The molecule has 0 unspecified atom stereocenters. The van der Waals surface area contributed by atoms with Gasteiger partial charge in [-0.1, -0.05) is 0 Å². The standard InChI is InChI=1S/C17H16FNO4/c1-11(20)12-3-8-15(16(9-12)22-2)23-10-17(21)19-14-6-4-13(18)5-7-14/h3-9H,10H2,1-2H3,(H,19,21). The van der Waals surface area contributed by atoms with E-state index in [1.807, 2.05) is 0 Å². The molecule has 2 rings (SSSR count). The maximum atomic E-state index is 12.8. The van der Waals surface area contributed by atoms with Crippen LogP contribution < -0.4 is 14.8 Å². The van der Waals surface area contributed by atoms with Crippen LogP contribution in [-0.2, 0) is 4.79 Å². The van der Waals surface area contributed by atoms with Crippen molar-refractivity contribution in [3.8, 4) is 11.5 Å². The number of methoxy groups -OCH3 is 1. The van der Waals surface area contributed by atoms with E-state index in [1.165, 1.54) is 38.3 Å². The predicted octanol–water partition coefficient (Wildman–Crippen LogP) is 3.05. The monoisotopic (exact) mass is 317 g/mol. The van der Waals surface area contributed by atoms with Crippen LogP contribution in [0.3, 0.4) is 0 Å². The molecule has 6 heteroatoms. The molecule has 0 aliphatic carbocycles. The molecular formula is C17H16FNO4. The third-order valence-corrected chi connectivity index (χ3v) is 3.06. The van der Waals surface area contributed by atoms with E-state index in [0.717, 1.165) is 0 Å². The molecule has 5 nitrogen and oxygen atoms in total. The molecule has 0 aliphatic heterocycles. The van der Waals surface area contributed by atoms with Crippen LogP contribution >= 0.6 is 0 Å². The molecule has 0 aliphatic rings. The van der Waals surface area contributed by atoms with Gasteiger partial charge in [0.2, 0.25) is 0 Å². The number of carbonyl (C=O) groups is 2. The van der Waals surface area contributed by atoms with E-state index in [4.69, 9.17) is 9.47 Å². The molecule has 0 aromatic heterocycles. The summed E-state index contributed by atoms with van der Waals surface area (Å²) in [7, 11) is 1.45. The zero-order valence-electron chi connectivity index (χ0n) is 12.8. The van der Waals surface area contributed by atoms with Gasteiger partial charge in [0.1, 0.15) is 5.82 Å². The Morgan fingerprint density at radius 3 is 2.39 bits per heavy atom. The summed E-state index contributed by atoms with van der Waals surface area (Å²) in [5, 5.41) is 2.58. The summed E-state index contributed by atoms with van der Waals surface area (Å²) in [5.41, 5.74) is 0.962. The molecule has 0 radical (unpaired) electrons. The third-order valence-electron chi connectivity index (χ3n) is 3.06. The number of halogens is 1. The van der Waals surface area contributed by atoms with Crippen LogP contribution in [-0.4, -0.2) is 25.4 Å². The Morgan fingerprint density at radius 2 is 1.78 bits per heavy atom. The van der Waals surface area contributed by atoms with Crippen molar-refractivity contribution >= 4 is 17.4 Å². The number of Topliss-reactive ketones (excluding diaryl/α,β-unsaturated/α-hetero) is 1. The minimum atomic E-state index is -0.394. The maximum Gasteiger partial charge on any atom is 0.262 e. The Balaban J connectivity index is 1.98. The van der Waals surface area contributed by atoms with Crippen LogP contribution in [0.1, 0.15) is 17.3 Å². The van der Waals surface area contributed by atoms with Crippen molar-refractivity contribution in [3.63, 3.8) is 0 Å². The molecule has 1 amide bonds. The van der Waals surface area contributed by atoms with Gasteiger partial charge in [-0.25, -0.2) is 4.39 Å². The number of ketones is 1. The number of amides is 1. The largest absolute Gasteiger partial charge is 0.493 e. The number of hydrogen-bond acceptors (Lipinski definition) is 4. The number of nitrogens with one attached hydrogen (secondary N) is 1. The minimum Gasteiger partial charge on any atom is -0.493 e. The van der Waals surface area contributed by atoms with Crippen molar-refractivity contribution < 1.29 is 23.5 Å². The van der Waals surface area contributed by atoms with Crippen LogP contribution in [0.15, 0.2) is 42.5 Å². The highest BCUT2D eigenvalue weighted by molar-refractivity contribution is 5.95. The summed E-state index contributed by atoms with van der Waals surface area (Å²) < 4.78 is 23.3. The van der Waals surface area contributed by atoms with Gasteiger partial charge in [0, 0.05) is 11.3 Å². The first-order valence-corrected chi connectivity index (χ1v) is 6.87. The van der Waals surface area contributed by atoms with E-state index in [2.05, 4.69) is 5.32 Å². The zero-order valence-corrected chi connectivity index (χ0v) is 12.8. The van der Waals surface area contributed by atoms with E-state index < -0.39 is 5.91 Å². The Labute approximate surface area is 133 Å². The topological polar surface area (TPSA) is 64.6 Å². The maximum absolute atomic E-state index is 12.8. The molecule has 0 heterocycles. The van der Waals surface area contributed by atoms with Gasteiger partial charge < -0.3 is 14.8 Å². The number of hydrogen-bond donors (Lipinski definition) is 1. The lowest BCUT2D eigenvalue weighted by atomic mass is 10.1. The fourth-order valence-corrected chi connectivity index (χ4v) is 1.88.